The van der Waals surface area contributed by atoms with Gasteiger partial charge >= 0.3 is 0 Å². The summed E-state index contributed by atoms with van der Waals surface area (Å²) in [6.45, 7) is 3.22. The van der Waals surface area contributed by atoms with Gasteiger partial charge in [-0.05, 0) is 44.3 Å². The minimum absolute atomic E-state index is 0.279. The second-order valence-electron chi connectivity index (χ2n) is 4.94. The maximum atomic E-state index is 12.4. The second kappa shape index (κ2) is 5.95. The topological polar surface area (TPSA) is 20.3 Å². The minimum atomic E-state index is 0.279. The molecule has 2 unspecified atom stereocenters. The number of carbonyl (C=O) groups excluding carboxylic acids is 1. The number of piperidine rings is 1. The van der Waals surface area contributed by atoms with Gasteiger partial charge in [-0.2, -0.15) is 0 Å². The van der Waals surface area contributed by atoms with Crippen LogP contribution in [0.15, 0.2) is 0 Å². The molecule has 2 saturated heterocycles. The summed E-state index contributed by atoms with van der Waals surface area (Å²) in [5.74, 6) is 1.62. The van der Waals surface area contributed by atoms with E-state index in [1.807, 2.05) is 11.8 Å². The number of carbonyl (C=O) groups is 1. The monoisotopic (exact) mass is 241 g/mol. The van der Waals surface area contributed by atoms with E-state index in [2.05, 4.69) is 11.8 Å². The summed E-state index contributed by atoms with van der Waals surface area (Å²) in [6, 6.07) is 0.531. The van der Waals surface area contributed by atoms with E-state index in [0.29, 0.717) is 11.9 Å². The van der Waals surface area contributed by atoms with Gasteiger partial charge in [0.05, 0.1) is 5.25 Å². The van der Waals surface area contributed by atoms with Crippen molar-refractivity contribution in [3.05, 3.63) is 0 Å². The highest BCUT2D eigenvalue weighted by molar-refractivity contribution is 8.00. The van der Waals surface area contributed by atoms with Crippen LogP contribution in [-0.2, 0) is 4.79 Å². The predicted octanol–water partition coefficient (Wildman–Crippen LogP) is 3.06. The Bertz CT molecular complexity index is 238. The quantitative estimate of drug-likeness (QED) is 0.740. The van der Waals surface area contributed by atoms with Crippen LogP contribution in [0, 0.1) is 0 Å². The Labute approximate surface area is 103 Å². The third-order valence-electron chi connectivity index (χ3n) is 3.84. The maximum Gasteiger partial charge on any atom is 0.235 e. The lowest BCUT2D eigenvalue weighted by molar-refractivity contribution is -0.134. The fourth-order valence-electron chi connectivity index (χ4n) is 2.84. The molecule has 3 heteroatoms. The Hall–Kier alpha value is -0.180. The molecule has 2 atom stereocenters. The molecule has 16 heavy (non-hydrogen) atoms. The summed E-state index contributed by atoms with van der Waals surface area (Å²) in [4.78, 5) is 14.6. The van der Waals surface area contributed by atoms with Crippen LogP contribution in [0.4, 0.5) is 0 Å². The van der Waals surface area contributed by atoms with Crippen molar-refractivity contribution >= 4 is 17.7 Å². The smallest absolute Gasteiger partial charge is 0.235 e. The van der Waals surface area contributed by atoms with Crippen LogP contribution in [0.1, 0.15) is 51.9 Å². The van der Waals surface area contributed by atoms with Crippen LogP contribution >= 0.6 is 11.8 Å². The average molecular weight is 241 g/mol. The van der Waals surface area contributed by atoms with Crippen LogP contribution in [0.3, 0.4) is 0 Å². The van der Waals surface area contributed by atoms with Crippen molar-refractivity contribution in [2.24, 2.45) is 0 Å². The molecule has 0 aromatic heterocycles. The zero-order valence-electron chi connectivity index (χ0n) is 10.3. The summed E-state index contributed by atoms with van der Waals surface area (Å²) in [5.41, 5.74) is 0. The molecule has 1 amide bonds. The van der Waals surface area contributed by atoms with E-state index in [4.69, 9.17) is 0 Å². The van der Waals surface area contributed by atoms with Gasteiger partial charge in [0.1, 0.15) is 0 Å². The third-order valence-corrected chi connectivity index (χ3v) is 5.20. The molecule has 2 aliphatic rings. The summed E-state index contributed by atoms with van der Waals surface area (Å²) in [6.07, 6.45) is 8.51. The van der Waals surface area contributed by atoms with Gasteiger partial charge in [0.25, 0.3) is 0 Å². The van der Waals surface area contributed by atoms with Crippen LogP contribution in [0.25, 0.3) is 0 Å². The molecular formula is C13H23NOS. The lowest BCUT2D eigenvalue weighted by Gasteiger charge is -2.38. The van der Waals surface area contributed by atoms with Crippen molar-refractivity contribution in [2.75, 3.05) is 12.3 Å². The van der Waals surface area contributed by atoms with Gasteiger partial charge < -0.3 is 4.90 Å². The molecule has 2 heterocycles. The van der Waals surface area contributed by atoms with Crippen LogP contribution in [0.2, 0.25) is 0 Å². The fourth-order valence-corrected chi connectivity index (χ4v) is 4.10. The highest BCUT2D eigenvalue weighted by Gasteiger charge is 2.31. The Morgan fingerprint density at radius 2 is 2.06 bits per heavy atom. The van der Waals surface area contributed by atoms with Gasteiger partial charge in [-0.1, -0.05) is 13.3 Å². The molecule has 0 aromatic rings. The molecule has 0 saturated carbocycles. The predicted molar refractivity (Wildman–Crippen MR) is 69.7 cm³/mol. The summed E-state index contributed by atoms with van der Waals surface area (Å²) in [7, 11) is 0. The van der Waals surface area contributed by atoms with Gasteiger partial charge in [-0.25, -0.2) is 0 Å². The molecule has 92 valence electrons. The van der Waals surface area contributed by atoms with E-state index in [0.717, 1.165) is 19.4 Å². The number of likely N-dealkylation sites (tertiary alicyclic amines) is 1. The van der Waals surface area contributed by atoms with E-state index in [-0.39, 0.29) is 5.25 Å². The van der Waals surface area contributed by atoms with Crippen molar-refractivity contribution in [1.29, 1.82) is 0 Å². The molecule has 2 nitrogen and oxygen atoms in total. The van der Waals surface area contributed by atoms with Gasteiger partial charge in [-0.3, -0.25) is 4.79 Å². The first-order valence-electron chi connectivity index (χ1n) is 6.75. The first-order valence-corrected chi connectivity index (χ1v) is 7.80. The molecule has 0 aliphatic carbocycles. The number of nitrogens with zero attached hydrogens (tertiary/aromatic N) is 1. The molecule has 0 spiro atoms. The number of hydrogen-bond acceptors (Lipinski definition) is 2. The van der Waals surface area contributed by atoms with Crippen molar-refractivity contribution in [3.63, 3.8) is 0 Å². The molecule has 2 rings (SSSR count). The van der Waals surface area contributed by atoms with Crippen molar-refractivity contribution < 1.29 is 4.79 Å². The fraction of sp³-hybridized carbons (Fsp3) is 0.923. The van der Waals surface area contributed by atoms with E-state index >= 15 is 0 Å². The van der Waals surface area contributed by atoms with E-state index in [1.54, 1.807) is 0 Å². The molecule has 0 N–H and O–H groups in total. The van der Waals surface area contributed by atoms with E-state index < -0.39 is 0 Å². The van der Waals surface area contributed by atoms with Crippen LogP contribution in [0.5, 0.6) is 0 Å². The Morgan fingerprint density at radius 3 is 2.75 bits per heavy atom. The maximum absolute atomic E-state index is 12.4. The number of amides is 1. The largest absolute Gasteiger partial charge is 0.339 e. The lowest BCUT2D eigenvalue weighted by Crippen LogP contribution is -2.47. The average Bonchev–Trinajstić information content (AvgIpc) is 2.39. The molecular weight excluding hydrogens is 218 g/mol. The summed E-state index contributed by atoms with van der Waals surface area (Å²) >= 11 is 1.89. The van der Waals surface area contributed by atoms with Crippen LogP contribution in [-0.4, -0.2) is 34.4 Å². The first-order chi connectivity index (χ1) is 7.83. The summed E-state index contributed by atoms with van der Waals surface area (Å²) in [5, 5.41) is 0.279. The van der Waals surface area contributed by atoms with Gasteiger partial charge in [0.15, 0.2) is 0 Å². The number of rotatable bonds is 2. The summed E-state index contributed by atoms with van der Waals surface area (Å²) < 4.78 is 0. The van der Waals surface area contributed by atoms with Crippen molar-refractivity contribution in [3.8, 4) is 0 Å². The second-order valence-corrected chi connectivity index (χ2v) is 6.26. The first kappa shape index (κ1) is 12.3. The SMILES string of the molecule is CCC1CCCCN1C(=O)C1CCCCS1. The Morgan fingerprint density at radius 1 is 1.25 bits per heavy atom. The molecule has 0 aromatic carbocycles. The van der Waals surface area contributed by atoms with Gasteiger partial charge in [0.2, 0.25) is 5.91 Å². The minimum Gasteiger partial charge on any atom is -0.339 e. The highest BCUT2D eigenvalue weighted by Crippen LogP contribution is 2.29. The zero-order chi connectivity index (χ0) is 11.4. The van der Waals surface area contributed by atoms with Crippen molar-refractivity contribution in [1.82, 2.24) is 4.90 Å². The van der Waals surface area contributed by atoms with E-state index in [9.17, 15) is 4.79 Å². The molecule has 0 bridgehead atoms. The van der Waals surface area contributed by atoms with Crippen molar-refractivity contribution in [2.45, 2.75) is 63.2 Å². The number of hydrogen-bond donors (Lipinski definition) is 0. The Balaban J connectivity index is 1.95. The Kier molecular flexibility index (Phi) is 4.56. The molecule has 2 fully saturated rings. The molecule has 0 radical (unpaired) electrons. The third kappa shape index (κ3) is 2.73. The van der Waals surface area contributed by atoms with Gasteiger partial charge in [-0.15, -0.1) is 11.8 Å². The van der Waals surface area contributed by atoms with Crippen LogP contribution < -0.4 is 0 Å². The normalized spacial score (nSPS) is 31.4. The molecule has 2 aliphatic heterocycles. The number of thioether (sulfide) groups is 1. The van der Waals surface area contributed by atoms with Gasteiger partial charge in [0, 0.05) is 12.6 Å². The zero-order valence-corrected chi connectivity index (χ0v) is 11.1. The standard InChI is InChI=1S/C13H23NOS/c1-2-11-7-3-5-9-14(11)13(15)12-8-4-6-10-16-12/h11-12H,2-10H2,1H3. The van der Waals surface area contributed by atoms with E-state index in [1.165, 1.54) is 37.9 Å². The lowest BCUT2D eigenvalue weighted by atomic mass is 9.99. The highest BCUT2D eigenvalue weighted by atomic mass is 32.2.